The SMILES string of the molecule is O=C(Nc1cnc2n1CCCC2)C1CCN(C(=O)C2CCCO2)CC1. The predicted octanol–water partition coefficient (Wildman–Crippen LogP) is 1.58. The summed E-state index contributed by atoms with van der Waals surface area (Å²) in [4.78, 5) is 31.3. The second kappa shape index (κ2) is 7.15. The lowest BCUT2D eigenvalue weighted by Crippen LogP contribution is -2.45. The molecule has 1 unspecified atom stereocenters. The van der Waals surface area contributed by atoms with Crippen LogP contribution in [0, 0.1) is 5.92 Å². The Morgan fingerprint density at radius 3 is 2.72 bits per heavy atom. The van der Waals surface area contributed by atoms with Gasteiger partial charge in [0, 0.05) is 38.6 Å². The lowest BCUT2D eigenvalue weighted by molar-refractivity contribution is -0.143. The van der Waals surface area contributed by atoms with Crippen molar-refractivity contribution in [2.75, 3.05) is 25.0 Å². The number of piperidine rings is 1. The highest BCUT2D eigenvalue weighted by Crippen LogP contribution is 2.24. The van der Waals surface area contributed by atoms with Crippen molar-refractivity contribution < 1.29 is 14.3 Å². The first-order valence-electron chi connectivity index (χ1n) is 9.48. The molecular weight excluding hydrogens is 320 g/mol. The van der Waals surface area contributed by atoms with E-state index in [1.807, 2.05) is 4.90 Å². The zero-order valence-electron chi connectivity index (χ0n) is 14.6. The van der Waals surface area contributed by atoms with Crippen LogP contribution in [0.1, 0.15) is 44.3 Å². The van der Waals surface area contributed by atoms with Gasteiger partial charge in [-0.05, 0) is 38.5 Å². The molecule has 136 valence electrons. The standard InChI is InChI=1S/C18H26N4O3/c23-17(20-16-12-19-15-5-1-2-8-22(15)16)13-6-9-21(10-7-13)18(24)14-4-3-11-25-14/h12-14H,1-11H2,(H,20,23). The van der Waals surface area contributed by atoms with E-state index in [1.165, 1.54) is 6.42 Å². The van der Waals surface area contributed by atoms with Crippen LogP contribution in [0.4, 0.5) is 5.82 Å². The van der Waals surface area contributed by atoms with Crippen LogP contribution in [-0.2, 0) is 27.3 Å². The Bertz CT molecular complexity index is 643. The quantitative estimate of drug-likeness (QED) is 0.901. The first-order chi connectivity index (χ1) is 12.2. The fourth-order valence-electron chi connectivity index (χ4n) is 4.08. The number of imidazole rings is 1. The van der Waals surface area contributed by atoms with Crippen molar-refractivity contribution >= 4 is 17.6 Å². The van der Waals surface area contributed by atoms with Gasteiger partial charge in [0.15, 0.2) is 0 Å². The summed E-state index contributed by atoms with van der Waals surface area (Å²) in [5.74, 6) is 2.00. The number of fused-ring (bicyclic) bond motifs is 1. The number of aryl methyl sites for hydroxylation is 1. The van der Waals surface area contributed by atoms with Crippen molar-refractivity contribution in [3.8, 4) is 0 Å². The third-order valence-electron chi connectivity index (χ3n) is 5.60. The summed E-state index contributed by atoms with van der Waals surface area (Å²) in [6, 6.07) is 0. The summed E-state index contributed by atoms with van der Waals surface area (Å²) >= 11 is 0. The second-order valence-electron chi connectivity index (χ2n) is 7.26. The van der Waals surface area contributed by atoms with Crippen LogP contribution < -0.4 is 5.32 Å². The minimum Gasteiger partial charge on any atom is -0.368 e. The van der Waals surface area contributed by atoms with E-state index >= 15 is 0 Å². The van der Waals surface area contributed by atoms with Crippen molar-refractivity contribution in [2.24, 2.45) is 5.92 Å². The highest BCUT2D eigenvalue weighted by Gasteiger charge is 2.33. The van der Waals surface area contributed by atoms with E-state index in [1.54, 1.807) is 6.20 Å². The Morgan fingerprint density at radius 1 is 1.12 bits per heavy atom. The van der Waals surface area contributed by atoms with Crippen LogP contribution in [0.3, 0.4) is 0 Å². The number of hydrogen-bond donors (Lipinski definition) is 1. The third kappa shape index (κ3) is 3.42. The molecule has 3 aliphatic heterocycles. The van der Waals surface area contributed by atoms with Gasteiger partial charge in [0.1, 0.15) is 17.7 Å². The minimum absolute atomic E-state index is 0.0386. The zero-order chi connectivity index (χ0) is 17.2. The van der Waals surface area contributed by atoms with Gasteiger partial charge in [-0.1, -0.05) is 0 Å². The van der Waals surface area contributed by atoms with E-state index in [2.05, 4.69) is 14.9 Å². The summed E-state index contributed by atoms with van der Waals surface area (Å²) < 4.78 is 7.61. The fraction of sp³-hybridized carbons (Fsp3) is 0.722. The van der Waals surface area contributed by atoms with Gasteiger partial charge in [-0.15, -0.1) is 0 Å². The summed E-state index contributed by atoms with van der Waals surface area (Å²) in [6.45, 7) is 2.90. The molecule has 7 nitrogen and oxygen atoms in total. The minimum atomic E-state index is -0.260. The largest absolute Gasteiger partial charge is 0.368 e. The highest BCUT2D eigenvalue weighted by atomic mass is 16.5. The van der Waals surface area contributed by atoms with Crippen molar-refractivity contribution in [2.45, 2.75) is 57.6 Å². The number of likely N-dealkylation sites (tertiary alicyclic amines) is 1. The van der Waals surface area contributed by atoms with Crippen LogP contribution in [0.2, 0.25) is 0 Å². The maximum Gasteiger partial charge on any atom is 0.251 e. The molecule has 2 amide bonds. The number of rotatable bonds is 3. The van der Waals surface area contributed by atoms with Gasteiger partial charge in [-0.2, -0.15) is 0 Å². The number of carbonyl (C=O) groups excluding carboxylic acids is 2. The van der Waals surface area contributed by atoms with Crippen LogP contribution in [0.15, 0.2) is 6.20 Å². The molecule has 1 atom stereocenters. The number of nitrogens with zero attached hydrogens (tertiary/aromatic N) is 3. The van der Waals surface area contributed by atoms with Gasteiger partial charge >= 0.3 is 0 Å². The smallest absolute Gasteiger partial charge is 0.251 e. The summed E-state index contributed by atoms with van der Waals surface area (Å²) in [7, 11) is 0. The van der Waals surface area contributed by atoms with Gasteiger partial charge in [-0.25, -0.2) is 4.98 Å². The number of hydrogen-bond acceptors (Lipinski definition) is 4. The van der Waals surface area contributed by atoms with Crippen molar-refractivity contribution in [3.63, 3.8) is 0 Å². The molecule has 3 aliphatic rings. The Labute approximate surface area is 147 Å². The molecule has 0 spiro atoms. The molecule has 0 saturated carbocycles. The summed E-state index contributed by atoms with van der Waals surface area (Å²) in [6.07, 6.45) is 8.02. The Balaban J connectivity index is 1.31. The third-order valence-corrected chi connectivity index (χ3v) is 5.60. The summed E-state index contributed by atoms with van der Waals surface area (Å²) in [5.41, 5.74) is 0. The van der Waals surface area contributed by atoms with Crippen molar-refractivity contribution in [1.82, 2.24) is 14.5 Å². The molecule has 0 bridgehead atoms. The number of anilines is 1. The number of ether oxygens (including phenoxy) is 1. The molecule has 0 radical (unpaired) electrons. The van der Waals surface area contributed by atoms with Crippen molar-refractivity contribution in [1.29, 1.82) is 0 Å². The number of amides is 2. The first-order valence-corrected chi connectivity index (χ1v) is 9.48. The molecule has 7 heteroatoms. The molecule has 1 N–H and O–H groups in total. The Hall–Kier alpha value is -1.89. The molecule has 2 fully saturated rings. The lowest BCUT2D eigenvalue weighted by atomic mass is 9.95. The average molecular weight is 346 g/mol. The molecule has 4 heterocycles. The topological polar surface area (TPSA) is 76.5 Å². The van der Waals surface area contributed by atoms with Gasteiger partial charge in [0.2, 0.25) is 5.91 Å². The second-order valence-corrected chi connectivity index (χ2v) is 7.26. The molecule has 25 heavy (non-hydrogen) atoms. The number of nitrogens with one attached hydrogen (secondary N) is 1. The normalized spacial score (nSPS) is 24.2. The van der Waals surface area contributed by atoms with Crippen LogP contribution >= 0.6 is 0 Å². The van der Waals surface area contributed by atoms with E-state index in [0.717, 1.165) is 43.9 Å². The molecule has 1 aromatic rings. The van der Waals surface area contributed by atoms with Gasteiger partial charge < -0.3 is 19.5 Å². The average Bonchev–Trinajstić information content (AvgIpc) is 3.32. The van der Waals surface area contributed by atoms with Gasteiger partial charge in [0.05, 0.1) is 6.20 Å². The Morgan fingerprint density at radius 2 is 1.96 bits per heavy atom. The van der Waals surface area contributed by atoms with Crippen LogP contribution in [0.5, 0.6) is 0 Å². The Kier molecular flexibility index (Phi) is 4.74. The van der Waals surface area contributed by atoms with Gasteiger partial charge in [-0.3, -0.25) is 9.59 Å². The van der Waals surface area contributed by atoms with E-state index < -0.39 is 0 Å². The van der Waals surface area contributed by atoms with Crippen molar-refractivity contribution in [3.05, 3.63) is 12.0 Å². The molecule has 0 aliphatic carbocycles. The van der Waals surface area contributed by atoms with E-state index in [0.29, 0.717) is 32.5 Å². The van der Waals surface area contributed by atoms with E-state index in [4.69, 9.17) is 4.74 Å². The maximum atomic E-state index is 12.6. The van der Waals surface area contributed by atoms with Crippen LogP contribution in [-0.4, -0.2) is 52.1 Å². The molecule has 4 rings (SSSR count). The van der Waals surface area contributed by atoms with Gasteiger partial charge in [0.25, 0.3) is 5.91 Å². The maximum absolute atomic E-state index is 12.6. The van der Waals surface area contributed by atoms with E-state index in [-0.39, 0.29) is 23.8 Å². The summed E-state index contributed by atoms with van der Waals surface area (Å²) in [5, 5.41) is 3.05. The monoisotopic (exact) mass is 346 g/mol. The molecular formula is C18H26N4O3. The molecule has 1 aromatic heterocycles. The number of aromatic nitrogens is 2. The van der Waals surface area contributed by atoms with Crippen LogP contribution in [0.25, 0.3) is 0 Å². The lowest BCUT2D eigenvalue weighted by Gasteiger charge is -2.32. The highest BCUT2D eigenvalue weighted by molar-refractivity contribution is 5.92. The molecule has 2 saturated heterocycles. The molecule has 0 aromatic carbocycles. The van der Waals surface area contributed by atoms with E-state index in [9.17, 15) is 9.59 Å². The first kappa shape index (κ1) is 16.6. The zero-order valence-corrected chi connectivity index (χ0v) is 14.6. The predicted molar refractivity (Wildman–Crippen MR) is 92.1 cm³/mol. The number of carbonyl (C=O) groups is 2. The fourth-order valence-corrected chi connectivity index (χ4v) is 4.08.